The molecule has 81 heavy (non-hydrogen) atoms. The molecule has 9 N–H and O–H groups in total. The molecule has 1 saturated heterocycles. The number of H-pyrrole nitrogens is 1. The number of hydrogen-bond donors (Lipinski definition) is 8. The summed E-state index contributed by atoms with van der Waals surface area (Å²) in [4.78, 5) is 126. The van der Waals surface area contributed by atoms with Crippen LogP contribution in [0.3, 0.4) is 0 Å². The number of fused-ring (bicyclic) bond motifs is 4. The van der Waals surface area contributed by atoms with Gasteiger partial charge in [-0.3, -0.25) is 38.5 Å². The van der Waals surface area contributed by atoms with Gasteiger partial charge in [0.2, 0.25) is 17.7 Å². The maximum atomic E-state index is 14.5. The molecule has 0 bridgehead atoms. The van der Waals surface area contributed by atoms with Gasteiger partial charge < -0.3 is 62.1 Å². The second-order valence-corrected chi connectivity index (χ2v) is 21.4. The van der Waals surface area contributed by atoms with Crippen molar-refractivity contribution in [1.29, 1.82) is 0 Å². The van der Waals surface area contributed by atoms with Gasteiger partial charge in [0.05, 0.1) is 11.7 Å². The number of unbranched alkanes of at least 4 members (excludes halogenated alkanes) is 2. The van der Waals surface area contributed by atoms with E-state index in [4.69, 9.17) is 10.5 Å². The number of primary amides is 1. The number of amides is 10. The fourth-order valence-electron chi connectivity index (χ4n) is 10.2. The number of rotatable bonds is 24. The van der Waals surface area contributed by atoms with Gasteiger partial charge in [-0.25, -0.2) is 9.59 Å². The van der Waals surface area contributed by atoms with Crippen molar-refractivity contribution in [1.82, 2.24) is 41.0 Å². The molecule has 4 aromatic carbocycles. The zero-order valence-electron chi connectivity index (χ0n) is 45.6. The van der Waals surface area contributed by atoms with Crippen molar-refractivity contribution in [3.63, 3.8) is 0 Å². The summed E-state index contributed by atoms with van der Waals surface area (Å²) in [5.41, 5.74) is 9.04. The van der Waals surface area contributed by atoms with Crippen molar-refractivity contribution in [2.45, 2.75) is 70.4 Å². The lowest BCUT2D eigenvalue weighted by Crippen LogP contribution is -2.54. The molecule has 3 atom stereocenters. The van der Waals surface area contributed by atoms with Crippen molar-refractivity contribution >= 4 is 108 Å². The fourth-order valence-corrected chi connectivity index (χ4v) is 10.7. The molecular formula is C58H69BrN12O10. The van der Waals surface area contributed by atoms with E-state index in [9.17, 15) is 43.2 Å². The number of alkyl halides is 1. The average Bonchev–Trinajstić information content (AvgIpc) is 3.79. The van der Waals surface area contributed by atoms with E-state index in [0.29, 0.717) is 102 Å². The highest BCUT2D eigenvalue weighted by Crippen LogP contribution is 2.46. The van der Waals surface area contributed by atoms with E-state index in [1.807, 2.05) is 45.2 Å². The van der Waals surface area contributed by atoms with E-state index >= 15 is 0 Å². The van der Waals surface area contributed by atoms with Gasteiger partial charge in [0.15, 0.2) is 0 Å². The minimum atomic E-state index is -1.02. The van der Waals surface area contributed by atoms with Gasteiger partial charge in [0.1, 0.15) is 17.5 Å². The average molecular weight is 1170 g/mol. The molecule has 23 heteroatoms. The molecule has 5 aromatic rings. The quantitative estimate of drug-likeness (QED) is 0.0215. The van der Waals surface area contributed by atoms with Crippen LogP contribution in [0.15, 0.2) is 91.0 Å². The number of nitrogens with zero attached hydrogens (tertiary/aromatic N) is 4. The highest BCUT2D eigenvalue weighted by Gasteiger charge is 2.36. The van der Waals surface area contributed by atoms with Gasteiger partial charge in [0.25, 0.3) is 23.6 Å². The summed E-state index contributed by atoms with van der Waals surface area (Å²) in [5, 5.41) is 20.1. The van der Waals surface area contributed by atoms with Gasteiger partial charge in [-0.05, 0) is 98.1 Å². The summed E-state index contributed by atoms with van der Waals surface area (Å²) in [6.07, 6.45) is 4.61. The van der Waals surface area contributed by atoms with Crippen LogP contribution in [0.4, 0.5) is 26.7 Å². The Hall–Kier alpha value is -8.15. The molecule has 0 spiro atoms. The molecule has 10 amide bonds. The van der Waals surface area contributed by atoms with Crippen LogP contribution in [0, 0.1) is 5.92 Å². The van der Waals surface area contributed by atoms with Crippen molar-refractivity contribution in [2.24, 2.45) is 11.7 Å². The number of nitrogens with two attached hydrogens (primary N) is 1. The van der Waals surface area contributed by atoms with Crippen LogP contribution in [0.1, 0.15) is 84.7 Å². The Morgan fingerprint density at radius 1 is 0.778 bits per heavy atom. The van der Waals surface area contributed by atoms with E-state index < -0.39 is 41.9 Å². The first-order valence-corrected chi connectivity index (χ1v) is 28.4. The van der Waals surface area contributed by atoms with Gasteiger partial charge >= 0.3 is 12.1 Å². The van der Waals surface area contributed by atoms with E-state index in [2.05, 4.69) is 57.7 Å². The molecule has 0 unspecified atom stereocenters. The number of aromatic nitrogens is 1. The first-order chi connectivity index (χ1) is 39.0. The number of nitrogens with one attached hydrogen (secondary N) is 7. The summed E-state index contributed by atoms with van der Waals surface area (Å²) >= 11 is 3.68. The lowest BCUT2D eigenvalue weighted by atomic mass is 9.95. The molecule has 0 aliphatic carbocycles. The molecule has 8 rings (SSSR count). The molecule has 0 saturated carbocycles. The Morgan fingerprint density at radius 2 is 1.49 bits per heavy atom. The highest BCUT2D eigenvalue weighted by molar-refractivity contribution is 9.09. The Morgan fingerprint density at radius 3 is 2.20 bits per heavy atom. The van der Waals surface area contributed by atoms with Crippen LogP contribution >= 0.6 is 15.9 Å². The maximum Gasteiger partial charge on any atom is 0.415 e. The zero-order valence-corrected chi connectivity index (χ0v) is 47.2. The number of imide groups is 1. The standard InChI is InChI=1S/C58H69BrN12O10/c1-35(2)52(62-24-23-61-48(72)13-5-4-8-25-70-49(73)20-21-50(70)74)55(77)67-44(12-9-22-63-57(60)79)54(76)64-39-16-14-36(15-17-39)53(75)65-40-18-19-43-37(30-40)31-45(66-43)56(78)71-34-38(33-59)51-42-11-7-6-10-41(42)47(32-46(51)71)81-58(80)69-28-26-68(3)27-29-69/h6-7,10-11,14-21,30-32,35,38,44,52,62,66H,4-5,8-9,12-13,22-29,33-34H2,1-3H3,(H,61,72)(H,64,76)(H,65,75)(H,67,77)(H3,60,63,79)/t38-,44+,52+/m1/s1. The van der Waals surface area contributed by atoms with Crippen LogP contribution in [-0.2, 0) is 24.0 Å². The van der Waals surface area contributed by atoms with E-state index in [1.54, 1.807) is 64.4 Å². The van der Waals surface area contributed by atoms with Crippen LogP contribution in [-0.4, -0.2) is 157 Å². The number of benzene rings is 4. The molecule has 4 heterocycles. The smallest absolute Gasteiger partial charge is 0.409 e. The predicted octanol–water partition coefficient (Wildman–Crippen LogP) is 5.55. The molecule has 1 aromatic heterocycles. The number of halogens is 1. The summed E-state index contributed by atoms with van der Waals surface area (Å²) in [5.74, 6) is -2.34. The monoisotopic (exact) mass is 1170 g/mol. The predicted molar refractivity (Wildman–Crippen MR) is 311 cm³/mol. The number of carbonyl (C=O) groups is 9. The van der Waals surface area contributed by atoms with E-state index in [0.717, 1.165) is 29.4 Å². The molecular weight excluding hydrogens is 1100 g/mol. The molecule has 1 fully saturated rings. The third-order valence-electron chi connectivity index (χ3n) is 14.6. The zero-order chi connectivity index (χ0) is 57.7. The summed E-state index contributed by atoms with van der Waals surface area (Å²) in [6.45, 7) is 7.67. The first-order valence-electron chi connectivity index (χ1n) is 27.3. The van der Waals surface area contributed by atoms with Crippen LogP contribution in [0.25, 0.3) is 21.7 Å². The molecule has 3 aliphatic rings. The third kappa shape index (κ3) is 15.0. The minimum Gasteiger partial charge on any atom is -0.409 e. The number of carbonyl (C=O) groups excluding carboxylic acids is 9. The molecule has 428 valence electrons. The van der Waals surface area contributed by atoms with Crippen molar-refractivity contribution < 1.29 is 47.9 Å². The van der Waals surface area contributed by atoms with E-state index in [1.165, 1.54) is 17.1 Å². The third-order valence-corrected chi connectivity index (χ3v) is 15.4. The van der Waals surface area contributed by atoms with Gasteiger partial charge in [-0.1, -0.05) is 60.5 Å². The van der Waals surface area contributed by atoms with Gasteiger partial charge in [-0.15, -0.1) is 0 Å². The normalized spacial score (nSPS) is 15.9. The summed E-state index contributed by atoms with van der Waals surface area (Å²) in [6, 6.07) is 20.3. The van der Waals surface area contributed by atoms with Crippen molar-refractivity contribution in [3.05, 3.63) is 108 Å². The number of likely N-dealkylation sites (N-methyl/N-ethyl adjacent to an activating group) is 1. The number of aromatic amines is 1. The molecule has 22 nitrogen and oxygen atoms in total. The fraction of sp³-hybridized carbons (Fsp3) is 0.397. The lowest BCUT2D eigenvalue weighted by Gasteiger charge is -2.31. The van der Waals surface area contributed by atoms with Gasteiger partial charge in [-0.2, -0.15) is 0 Å². The molecule has 3 aliphatic heterocycles. The number of urea groups is 1. The van der Waals surface area contributed by atoms with Crippen LogP contribution in [0.5, 0.6) is 5.75 Å². The number of piperazine rings is 1. The number of ether oxygens (including phenoxy) is 1. The topological polar surface area (TPSA) is 290 Å². The Kier molecular flexibility index (Phi) is 19.9. The lowest BCUT2D eigenvalue weighted by molar-refractivity contribution is -0.137. The second kappa shape index (κ2) is 27.3. The largest absolute Gasteiger partial charge is 0.415 e. The second-order valence-electron chi connectivity index (χ2n) is 20.8. The van der Waals surface area contributed by atoms with Crippen molar-refractivity contribution in [2.75, 3.05) is 86.8 Å². The summed E-state index contributed by atoms with van der Waals surface area (Å²) < 4.78 is 6.08. The SMILES string of the molecule is CC(C)[C@H](NCCNC(=O)CCCCCN1C(=O)C=CC1=O)C(=O)N[C@@H](CCCNC(N)=O)C(=O)Nc1ccc(C(=O)Nc2ccc3[nH]c(C(=O)N4C[C@@H](CBr)c5c4cc(OC(=O)N4CCN(C)CC4)c4ccccc54)cc3c2)cc1. The van der Waals surface area contributed by atoms with E-state index in [-0.39, 0.29) is 67.9 Å². The van der Waals surface area contributed by atoms with Crippen molar-refractivity contribution in [3.8, 4) is 5.75 Å². The Bertz CT molecular complexity index is 3190. The highest BCUT2D eigenvalue weighted by atomic mass is 79.9. The number of anilines is 3. The first kappa shape index (κ1) is 59.0. The Labute approximate surface area is 477 Å². The van der Waals surface area contributed by atoms with Gasteiger partial charge in [0, 0.05) is 128 Å². The Balaban J connectivity index is 0.852. The maximum absolute atomic E-state index is 14.5. The van der Waals surface area contributed by atoms with Crippen LogP contribution < -0.4 is 47.3 Å². The molecule has 0 radical (unpaired) electrons. The summed E-state index contributed by atoms with van der Waals surface area (Å²) in [7, 11) is 2.02. The minimum absolute atomic E-state index is 0.0303. The van der Waals surface area contributed by atoms with Crippen LogP contribution in [0.2, 0.25) is 0 Å². The number of hydrogen-bond acceptors (Lipinski definition) is 12.